The number of hydrogen-bond acceptors (Lipinski definition) is 4. The van der Waals surface area contributed by atoms with Crippen molar-refractivity contribution in [3.05, 3.63) is 29.8 Å². The Bertz CT molecular complexity index is 664. The van der Waals surface area contributed by atoms with E-state index in [4.69, 9.17) is 9.73 Å². The van der Waals surface area contributed by atoms with Gasteiger partial charge in [0.15, 0.2) is 5.96 Å². The lowest BCUT2D eigenvalue weighted by molar-refractivity contribution is 0.0953. The minimum Gasteiger partial charge on any atom is -0.508 e. The number of aromatic hydroxyl groups is 1. The maximum Gasteiger partial charge on any atom is 0.251 e. The number of aliphatic imine (C=N–C) groups is 1. The molecule has 8 heteroatoms. The molecule has 1 fully saturated rings. The lowest BCUT2D eigenvalue weighted by atomic mass is 9.83. The Hall–Kier alpha value is -1.55. The van der Waals surface area contributed by atoms with Gasteiger partial charge in [-0.2, -0.15) is 0 Å². The average molecular weight is 532 g/mol. The summed E-state index contributed by atoms with van der Waals surface area (Å²) >= 11 is 0. The van der Waals surface area contributed by atoms with Crippen LogP contribution in [0.25, 0.3) is 0 Å². The van der Waals surface area contributed by atoms with E-state index >= 15 is 0 Å². The Balaban J connectivity index is 0.00000450. The van der Waals surface area contributed by atoms with Crippen LogP contribution in [-0.2, 0) is 4.74 Å². The van der Waals surface area contributed by atoms with Crippen molar-refractivity contribution in [3.63, 3.8) is 0 Å². The first kappa shape index (κ1) is 26.5. The van der Waals surface area contributed by atoms with E-state index in [0.29, 0.717) is 12.1 Å². The molecule has 2 rings (SSSR count). The zero-order valence-electron chi connectivity index (χ0n) is 18.2. The number of benzene rings is 1. The van der Waals surface area contributed by atoms with E-state index in [1.54, 1.807) is 25.3 Å². The van der Waals surface area contributed by atoms with E-state index < -0.39 is 0 Å². The van der Waals surface area contributed by atoms with Gasteiger partial charge in [0.1, 0.15) is 5.75 Å². The Kier molecular flexibility index (Phi) is 12.8. The molecule has 1 aliphatic rings. The Labute approximate surface area is 197 Å². The van der Waals surface area contributed by atoms with Gasteiger partial charge < -0.3 is 25.8 Å². The first-order valence-corrected chi connectivity index (χ1v) is 10.7. The van der Waals surface area contributed by atoms with Gasteiger partial charge in [-0.1, -0.05) is 18.9 Å². The van der Waals surface area contributed by atoms with Gasteiger partial charge in [-0.25, -0.2) is 0 Å². The van der Waals surface area contributed by atoms with Crippen LogP contribution in [0, 0.1) is 5.41 Å². The number of amides is 1. The van der Waals surface area contributed by atoms with Crippen LogP contribution in [0.3, 0.4) is 0 Å². The SMILES string of the molecule is CCNC(=NCC1(CCOC)CCCC1)NCCCNC(=O)c1cccc(O)c1.I. The standard InChI is InChI=1S/C22H36N4O3.HI/c1-3-23-21(26-17-22(12-15-29-2)10-4-5-11-22)25-14-7-13-24-20(28)18-8-6-9-19(27)16-18;/h6,8-9,16,27H,3-5,7,10-15,17H2,1-2H3,(H,24,28)(H2,23,25,26);1H. The van der Waals surface area contributed by atoms with Crippen molar-refractivity contribution in [2.75, 3.05) is 39.9 Å². The second-order valence-corrected chi connectivity index (χ2v) is 7.73. The fourth-order valence-corrected chi connectivity index (χ4v) is 3.77. The normalized spacial score (nSPS) is 15.3. The third kappa shape index (κ3) is 9.07. The largest absolute Gasteiger partial charge is 0.508 e. The van der Waals surface area contributed by atoms with Gasteiger partial charge in [-0.15, -0.1) is 24.0 Å². The van der Waals surface area contributed by atoms with E-state index in [1.165, 1.54) is 31.7 Å². The molecule has 170 valence electrons. The average Bonchev–Trinajstić information content (AvgIpc) is 3.19. The topological polar surface area (TPSA) is 95.0 Å². The zero-order chi connectivity index (χ0) is 21.0. The lowest BCUT2D eigenvalue weighted by Gasteiger charge is -2.27. The van der Waals surface area contributed by atoms with Crippen LogP contribution in [0.5, 0.6) is 5.75 Å². The molecule has 7 nitrogen and oxygen atoms in total. The summed E-state index contributed by atoms with van der Waals surface area (Å²) in [6.45, 7) is 5.75. The number of rotatable bonds is 11. The maximum absolute atomic E-state index is 12.1. The molecule has 0 aromatic heterocycles. The molecule has 0 heterocycles. The molecule has 0 radical (unpaired) electrons. The second-order valence-electron chi connectivity index (χ2n) is 7.73. The molecular formula is C22H37IN4O3. The molecule has 30 heavy (non-hydrogen) atoms. The Morgan fingerprint density at radius 1 is 1.20 bits per heavy atom. The predicted molar refractivity (Wildman–Crippen MR) is 132 cm³/mol. The fraction of sp³-hybridized carbons (Fsp3) is 0.636. The number of carbonyl (C=O) groups excluding carboxylic acids is 1. The first-order valence-electron chi connectivity index (χ1n) is 10.7. The summed E-state index contributed by atoms with van der Waals surface area (Å²) in [5, 5.41) is 19.0. The van der Waals surface area contributed by atoms with E-state index in [9.17, 15) is 9.90 Å². The Morgan fingerprint density at radius 3 is 2.60 bits per heavy atom. The van der Waals surface area contributed by atoms with Crippen LogP contribution in [0.1, 0.15) is 55.8 Å². The minimum absolute atomic E-state index is 0. The van der Waals surface area contributed by atoms with Gasteiger partial charge in [0, 0.05) is 45.5 Å². The van der Waals surface area contributed by atoms with Gasteiger partial charge in [-0.3, -0.25) is 9.79 Å². The van der Waals surface area contributed by atoms with Gasteiger partial charge in [0.2, 0.25) is 0 Å². The van der Waals surface area contributed by atoms with E-state index in [0.717, 1.165) is 45.0 Å². The van der Waals surface area contributed by atoms with Crippen molar-refractivity contribution < 1.29 is 14.6 Å². The summed E-state index contributed by atoms with van der Waals surface area (Å²) in [6, 6.07) is 6.36. The van der Waals surface area contributed by atoms with Crippen molar-refractivity contribution in [3.8, 4) is 5.75 Å². The quantitative estimate of drug-likeness (QED) is 0.152. The molecule has 4 N–H and O–H groups in total. The number of hydrogen-bond donors (Lipinski definition) is 4. The number of carbonyl (C=O) groups is 1. The molecule has 1 amide bonds. The number of phenols is 1. The predicted octanol–water partition coefficient (Wildman–Crippen LogP) is 3.28. The molecular weight excluding hydrogens is 495 g/mol. The van der Waals surface area contributed by atoms with Crippen molar-refractivity contribution >= 4 is 35.8 Å². The summed E-state index contributed by atoms with van der Waals surface area (Å²) in [5.74, 6) is 0.745. The summed E-state index contributed by atoms with van der Waals surface area (Å²) in [6.07, 6.45) is 6.85. The molecule has 0 unspecified atom stereocenters. The van der Waals surface area contributed by atoms with Gasteiger partial charge in [-0.05, 0) is 56.2 Å². The summed E-state index contributed by atoms with van der Waals surface area (Å²) in [5.41, 5.74) is 0.735. The number of halogens is 1. The summed E-state index contributed by atoms with van der Waals surface area (Å²) < 4.78 is 5.30. The van der Waals surface area contributed by atoms with Gasteiger partial charge >= 0.3 is 0 Å². The number of nitrogens with zero attached hydrogens (tertiary/aromatic N) is 1. The highest BCUT2D eigenvalue weighted by Gasteiger charge is 2.33. The van der Waals surface area contributed by atoms with Crippen molar-refractivity contribution in [1.82, 2.24) is 16.0 Å². The molecule has 0 aliphatic heterocycles. The summed E-state index contributed by atoms with van der Waals surface area (Å²) in [4.78, 5) is 16.9. The van der Waals surface area contributed by atoms with Crippen LogP contribution in [0.4, 0.5) is 0 Å². The molecule has 1 aliphatic carbocycles. The molecule has 0 atom stereocenters. The number of ether oxygens (including phenoxy) is 1. The molecule has 0 bridgehead atoms. The Morgan fingerprint density at radius 2 is 1.93 bits per heavy atom. The maximum atomic E-state index is 12.1. The zero-order valence-corrected chi connectivity index (χ0v) is 20.5. The highest BCUT2D eigenvalue weighted by molar-refractivity contribution is 14.0. The number of methoxy groups -OCH3 is 1. The number of phenolic OH excluding ortho intramolecular Hbond substituents is 1. The second kappa shape index (κ2) is 14.5. The van der Waals surface area contributed by atoms with E-state index in [2.05, 4.69) is 22.9 Å². The van der Waals surface area contributed by atoms with Crippen LogP contribution in [0.15, 0.2) is 29.3 Å². The van der Waals surface area contributed by atoms with Gasteiger partial charge in [0.05, 0.1) is 0 Å². The molecule has 1 saturated carbocycles. The lowest BCUT2D eigenvalue weighted by Crippen LogP contribution is -2.39. The van der Waals surface area contributed by atoms with E-state index in [1.807, 2.05) is 0 Å². The van der Waals surface area contributed by atoms with Crippen LogP contribution in [0.2, 0.25) is 0 Å². The molecule has 0 saturated heterocycles. The molecule has 0 spiro atoms. The fourth-order valence-electron chi connectivity index (χ4n) is 3.77. The van der Waals surface area contributed by atoms with E-state index in [-0.39, 0.29) is 41.0 Å². The molecule has 1 aromatic carbocycles. The monoisotopic (exact) mass is 532 g/mol. The third-order valence-electron chi connectivity index (χ3n) is 5.46. The summed E-state index contributed by atoms with van der Waals surface area (Å²) in [7, 11) is 1.76. The van der Waals surface area contributed by atoms with Crippen LogP contribution >= 0.6 is 24.0 Å². The number of guanidine groups is 1. The van der Waals surface area contributed by atoms with Gasteiger partial charge in [0.25, 0.3) is 5.91 Å². The molecule has 1 aromatic rings. The first-order chi connectivity index (χ1) is 14.1. The minimum atomic E-state index is -0.178. The highest BCUT2D eigenvalue weighted by Crippen LogP contribution is 2.41. The van der Waals surface area contributed by atoms with Crippen molar-refractivity contribution in [2.24, 2.45) is 10.4 Å². The van der Waals surface area contributed by atoms with Crippen molar-refractivity contribution in [1.29, 1.82) is 0 Å². The third-order valence-corrected chi connectivity index (χ3v) is 5.46. The van der Waals surface area contributed by atoms with Crippen molar-refractivity contribution in [2.45, 2.75) is 45.4 Å². The highest BCUT2D eigenvalue weighted by atomic mass is 127. The van der Waals surface area contributed by atoms with Crippen LogP contribution in [-0.4, -0.2) is 56.9 Å². The number of nitrogens with one attached hydrogen (secondary N) is 3. The smallest absolute Gasteiger partial charge is 0.251 e. The van der Waals surface area contributed by atoms with Crippen LogP contribution < -0.4 is 16.0 Å².